The summed E-state index contributed by atoms with van der Waals surface area (Å²) in [6.45, 7) is 5.61. The standard InChI is InChI=1S/C16H24N2O/c1-12-4-5-13(2)14(10-12)11-16(19)18(9-3-8-17)15-6-7-15/h4-5,10,15H,3,6-9,11,17H2,1-2H3. The first-order valence-electron chi connectivity index (χ1n) is 7.17. The third-order valence-electron chi connectivity index (χ3n) is 3.76. The lowest BCUT2D eigenvalue weighted by Crippen LogP contribution is -2.36. The highest BCUT2D eigenvalue weighted by Gasteiger charge is 2.31. The average Bonchev–Trinajstić information content (AvgIpc) is 3.19. The highest BCUT2D eigenvalue weighted by atomic mass is 16.2. The SMILES string of the molecule is Cc1ccc(C)c(CC(=O)N(CCCN)C2CC2)c1. The fourth-order valence-corrected chi connectivity index (χ4v) is 2.41. The van der Waals surface area contributed by atoms with Gasteiger partial charge in [-0.3, -0.25) is 4.79 Å². The van der Waals surface area contributed by atoms with Gasteiger partial charge in [-0.25, -0.2) is 0 Å². The van der Waals surface area contributed by atoms with E-state index in [2.05, 4.69) is 32.0 Å². The van der Waals surface area contributed by atoms with Gasteiger partial charge in [0.05, 0.1) is 6.42 Å². The van der Waals surface area contributed by atoms with Crippen LogP contribution in [0.5, 0.6) is 0 Å². The van der Waals surface area contributed by atoms with Crippen molar-refractivity contribution in [3.8, 4) is 0 Å². The van der Waals surface area contributed by atoms with Gasteiger partial charge in [-0.1, -0.05) is 23.8 Å². The van der Waals surface area contributed by atoms with E-state index >= 15 is 0 Å². The van der Waals surface area contributed by atoms with Gasteiger partial charge in [-0.15, -0.1) is 0 Å². The third kappa shape index (κ3) is 3.80. The van der Waals surface area contributed by atoms with Gasteiger partial charge < -0.3 is 10.6 Å². The molecular formula is C16H24N2O. The van der Waals surface area contributed by atoms with Crippen LogP contribution in [-0.4, -0.2) is 29.9 Å². The zero-order valence-corrected chi connectivity index (χ0v) is 12.0. The summed E-state index contributed by atoms with van der Waals surface area (Å²) in [6, 6.07) is 6.79. The van der Waals surface area contributed by atoms with Crippen LogP contribution in [0, 0.1) is 13.8 Å². The highest BCUT2D eigenvalue weighted by Crippen LogP contribution is 2.27. The van der Waals surface area contributed by atoms with Crippen molar-refractivity contribution < 1.29 is 4.79 Å². The molecule has 3 heteroatoms. The highest BCUT2D eigenvalue weighted by molar-refractivity contribution is 5.79. The van der Waals surface area contributed by atoms with E-state index < -0.39 is 0 Å². The van der Waals surface area contributed by atoms with Crippen molar-refractivity contribution in [3.63, 3.8) is 0 Å². The van der Waals surface area contributed by atoms with Crippen molar-refractivity contribution in [2.45, 2.75) is 45.6 Å². The van der Waals surface area contributed by atoms with Gasteiger partial charge >= 0.3 is 0 Å². The Morgan fingerprint density at radius 1 is 1.37 bits per heavy atom. The van der Waals surface area contributed by atoms with Gasteiger partial charge in [-0.05, 0) is 50.8 Å². The maximum absolute atomic E-state index is 12.4. The van der Waals surface area contributed by atoms with Crippen LogP contribution in [0.15, 0.2) is 18.2 Å². The predicted molar refractivity (Wildman–Crippen MR) is 78.0 cm³/mol. The molecule has 0 radical (unpaired) electrons. The number of carbonyl (C=O) groups excluding carboxylic acids is 1. The minimum absolute atomic E-state index is 0.254. The van der Waals surface area contributed by atoms with Crippen LogP contribution in [0.25, 0.3) is 0 Å². The Balaban J connectivity index is 2.03. The number of benzene rings is 1. The number of rotatable bonds is 6. The second-order valence-corrected chi connectivity index (χ2v) is 5.57. The van der Waals surface area contributed by atoms with Crippen molar-refractivity contribution in [1.82, 2.24) is 4.90 Å². The first-order valence-corrected chi connectivity index (χ1v) is 7.17. The van der Waals surface area contributed by atoms with Gasteiger partial charge in [-0.2, -0.15) is 0 Å². The monoisotopic (exact) mass is 260 g/mol. The van der Waals surface area contributed by atoms with Crippen molar-refractivity contribution in [1.29, 1.82) is 0 Å². The molecule has 19 heavy (non-hydrogen) atoms. The van der Waals surface area contributed by atoms with Gasteiger partial charge in [0.2, 0.25) is 5.91 Å². The summed E-state index contributed by atoms with van der Waals surface area (Å²) in [7, 11) is 0. The lowest BCUT2D eigenvalue weighted by molar-refractivity contribution is -0.131. The Kier molecular flexibility index (Phi) is 4.59. The summed E-state index contributed by atoms with van der Waals surface area (Å²) in [4.78, 5) is 14.5. The molecule has 0 atom stereocenters. The third-order valence-corrected chi connectivity index (χ3v) is 3.76. The van der Waals surface area contributed by atoms with Crippen molar-refractivity contribution in [2.24, 2.45) is 5.73 Å². The average molecular weight is 260 g/mol. The van der Waals surface area contributed by atoms with Gasteiger partial charge in [0, 0.05) is 12.6 Å². The van der Waals surface area contributed by atoms with E-state index in [0.29, 0.717) is 19.0 Å². The molecule has 0 heterocycles. The Bertz CT molecular complexity index is 452. The minimum atomic E-state index is 0.254. The van der Waals surface area contributed by atoms with Crippen LogP contribution >= 0.6 is 0 Å². The van der Waals surface area contributed by atoms with E-state index in [0.717, 1.165) is 31.4 Å². The topological polar surface area (TPSA) is 46.3 Å². The summed E-state index contributed by atoms with van der Waals surface area (Å²) >= 11 is 0. The van der Waals surface area contributed by atoms with Gasteiger partial charge in [0.15, 0.2) is 0 Å². The first kappa shape index (κ1) is 14.1. The molecule has 0 bridgehead atoms. The van der Waals surface area contributed by atoms with Crippen LogP contribution in [0.1, 0.15) is 36.0 Å². The Labute approximate surface area is 115 Å². The Morgan fingerprint density at radius 3 is 2.74 bits per heavy atom. The molecule has 2 N–H and O–H groups in total. The molecule has 2 rings (SSSR count). The van der Waals surface area contributed by atoms with Crippen LogP contribution in [0.4, 0.5) is 0 Å². The number of hydrogen-bond donors (Lipinski definition) is 1. The van der Waals surface area contributed by atoms with Crippen molar-refractivity contribution >= 4 is 5.91 Å². The molecule has 1 aromatic carbocycles. The number of amides is 1. The number of hydrogen-bond acceptors (Lipinski definition) is 2. The molecule has 1 aromatic rings. The zero-order chi connectivity index (χ0) is 13.8. The number of carbonyl (C=O) groups is 1. The van der Waals surface area contributed by atoms with E-state index in [4.69, 9.17) is 5.73 Å². The van der Waals surface area contributed by atoms with Crippen molar-refractivity contribution in [3.05, 3.63) is 34.9 Å². The summed E-state index contributed by atoms with van der Waals surface area (Å²) in [6.07, 6.45) is 3.73. The second kappa shape index (κ2) is 6.20. The van der Waals surface area contributed by atoms with Crippen LogP contribution < -0.4 is 5.73 Å². The van der Waals surface area contributed by atoms with E-state index in [9.17, 15) is 4.79 Å². The van der Waals surface area contributed by atoms with Crippen LogP contribution in [0.2, 0.25) is 0 Å². The smallest absolute Gasteiger partial charge is 0.227 e. The fraction of sp³-hybridized carbons (Fsp3) is 0.562. The zero-order valence-electron chi connectivity index (χ0n) is 12.0. The Hall–Kier alpha value is -1.35. The van der Waals surface area contributed by atoms with E-state index in [1.807, 2.05) is 4.90 Å². The second-order valence-electron chi connectivity index (χ2n) is 5.57. The lowest BCUT2D eigenvalue weighted by atomic mass is 10.0. The molecule has 1 aliphatic carbocycles. The summed E-state index contributed by atoms with van der Waals surface area (Å²) in [5, 5.41) is 0. The number of nitrogens with zero attached hydrogens (tertiary/aromatic N) is 1. The maximum atomic E-state index is 12.4. The molecule has 1 fully saturated rings. The van der Waals surface area contributed by atoms with Crippen LogP contribution in [0.3, 0.4) is 0 Å². The quantitative estimate of drug-likeness (QED) is 0.852. The molecule has 0 unspecified atom stereocenters. The maximum Gasteiger partial charge on any atom is 0.227 e. The molecule has 3 nitrogen and oxygen atoms in total. The summed E-state index contributed by atoms with van der Waals surface area (Å²) in [5.41, 5.74) is 9.13. The Morgan fingerprint density at radius 2 is 2.11 bits per heavy atom. The molecule has 0 aromatic heterocycles. The largest absolute Gasteiger partial charge is 0.339 e. The minimum Gasteiger partial charge on any atom is -0.339 e. The predicted octanol–water partition coefficient (Wildman–Crippen LogP) is 2.19. The molecular weight excluding hydrogens is 236 g/mol. The number of aryl methyl sites for hydroxylation is 2. The normalized spacial score (nSPS) is 14.5. The van der Waals surface area contributed by atoms with E-state index in [1.54, 1.807) is 0 Å². The molecule has 1 saturated carbocycles. The van der Waals surface area contributed by atoms with Gasteiger partial charge in [0.25, 0.3) is 0 Å². The van der Waals surface area contributed by atoms with Crippen molar-refractivity contribution in [2.75, 3.05) is 13.1 Å². The van der Waals surface area contributed by atoms with Crippen LogP contribution in [-0.2, 0) is 11.2 Å². The molecule has 0 aliphatic heterocycles. The van der Waals surface area contributed by atoms with E-state index in [1.165, 1.54) is 11.1 Å². The molecule has 0 saturated heterocycles. The lowest BCUT2D eigenvalue weighted by Gasteiger charge is -2.22. The van der Waals surface area contributed by atoms with E-state index in [-0.39, 0.29) is 5.91 Å². The van der Waals surface area contributed by atoms with Gasteiger partial charge in [0.1, 0.15) is 0 Å². The fourth-order valence-electron chi connectivity index (χ4n) is 2.41. The summed E-state index contributed by atoms with van der Waals surface area (Å²) in [5.74, 6) is 0.254. The molecule has 1 amide bonds. The molecule has 104 valence electrons. The molecule has 0 spiro atoms. The first-order chi connectivity index (χ1) is 9.11. The summed E-state index contributed by atoms with van der Waals surface area (Å²) < 4.78 is 0. The number of nitrogens with two attached hydrogens (primary N) is 1. The molecule has 1 aliphatic rings.